The number of allylic oxidation sites excluding steroid dienone is 2. The van der Waals surface area contributed by atoms with Crippen molar-refractivity contribution in [3.05, 3.63) is 52.6 Å². The second-order valence-corrected chi connectivity index (χ2v) is 5.25. The van der Waals surface area contributed by atoms with Crippen molar-refractivity contribution in [3.8, 4) is 6.07 Å². The van der Waals surface area contributed by atoms with E-state index in [4.69, 9.17) is 6.57 Å². The van der Waals surface area contributed by atoms with E-state index in [9.17, 15) is 10.1 Å². The third-order valence-corrected chi connectivity index (χ3v) is 3.78. The molecule has 116 valence electrons. The van der Waals surface area contributed by atoms with Crippen molar-refractivity contribution >= 4 is 17.4 Å². The number of nitrogens with zero attached hydrogens (tertiary/aromatic N) is 3. The summed E-state index contributed by atoms with van der Waals surface area (Å²) in [4.78, 5) is 19.4. The van der Waals surface area contributed by atoms with Crippen LogP contribution in [0.3, 0.4) is 0 Å². The SMILES string of the molecule is [C-]#[N+]C1=C(C)N=C(C)C(C#N)C1c1cccc(NC(=O)NC)c1. The molecule has 2 atom stereocenters. The Morgan fingerprint density at radius 2 is 2.17 bits per heavy atom. The molecule has 1 aromatic carbocycles. The molecule has 2 amide bonds. The summed E-state index contributed by atoms with van der Waals surface area (Å²) in [7, 11) is 1.54. The molecular formula is C17H17N5O. The van der Waals surface area contributed by atoms with Crippen molar-refractivity contribution < 1.29 is 4.79 Å². The van der Waals surface area contributed by atoms with Gasteiger partial charge in [0, 0.05) is 30.1 Å². The monoisotopic (exact) mass is 307 g/mol. The molecule has 1 aliphatic rings. The molecule has 0 aromatic heterocycles. The summed E-state index contributed by atoms with van der Waals surface area (Å²) < 4.78 is 0. The molecule has 0 spiro atoms. The van der Waals surface area contributed by atoms with Crippen molar-refractivity contribution in [2.24, 2.45) is 10.9 Å². The third kappa shape index (κ3) is 3.22. The Morgan fingerprint density at radius 3 is 2.78 bits per heavy atom. The van der Waals surface area contributed by atoms with Crippen LogP contribution in [0.1, 0.15) is 25.3 Å². The lowest BCUT2D eigenvalue weighted by Gasteiger charge is -2.26. The van der Waals surface area contributed by atoms with Crippen molar-refractivity contribution in [1.29, 1.82) is 5.26 Å². The topological polar surface area (TPSA) is 81.6 Å². The average molecular weight is 307 g/mol. The molecule has 2 unspecified atom stereocenters. The van der Waals surface area contributed by atoms with Crippen LogP contribution >= 0.6 is 0 Å². The number of benzene rings is 1. The lowest BCUT2D eigenvalue weighted by molar-refractivity contribution is 0.254. The van der Waals surface area contributed by atoms with Crippen LogP contribution in [0.25, 0.3) is 4.85 Å². The second kappa shape index (κ2) is 6.76. The lowest BCUT2D eigenvalue weighted by Crippen LogP contribution is -2.25. The fourth-order valence-electron chi connectivity index (χ4n) is 2.69. The highest BCUT2D eigenvalue weighted by atomic mass is 16.2. The predicted molar refractivity (Wildman–Crippen MR) is 88.8 cm³/mol. The van der Waals surface area contributed by atoms with E-state index in [-0.39, 0.29) is 11.9 Å². The van der Waals surface area contributed by atoms with Crippen LogP contribution in [-0.2, 0) is 0 Å². The third-order valence-electron chi connectivity index (χ3n) is 3.78. The summed E-state index contributed by atoms with van der Waals surface area (Å²) in [6.45, 7) is 11.0. The summed E-state index contributed by atoms with van der Waals surface area (Å²) in [5, 5.41) is 14.7. The van der Waals surface area contributed by atoms with E-state index >= 15 is 0 Å². The van der Waals surface area contributed by atoms with Gasteiger partial charge in [-0.05, 0) is 31.5 Å². The number of rotatable bonds is 2. The van der Waals surface area contributed by atoms with E-state index in [0.717, 1.165) is 5.56 Å². The smallest absolute Gasteiger partial charge is 0.318 e. The first-order valence-electron chi connectivity index (χ1n) is 7.13. The summed E-state index contributed by atoms with van der Waals surface area (Å²) >= 11 is 0. The van der Waals surface area contributed by atoms with Crippen LogP contribution in [-0.4, -0.2) is 18.8 Å². The van der Waals surface area contributed by atoms with Gasteiger partial charge >= 0.3 is 6.03 Å². The van der Waals surface area contributed by atoms with Crippen molar-refractivity contribution in [1.82, 2.24) is 5.32 Å². The molecule has 0 saturated heterocycles. The summed E-state index contributed by atoms with van der Waals surface area (Å²) in [6, 6.07) is 9.14. The number of hydrogen-bond donors (Lipinski definition) is 2. The first kappa shape index (κ1) is 16.3. The molecule has 6 nitrogen and oxygen atoms in total. The minimum atomic E-state index is -0.488. The van der Waals surface area contributed by atoms with Crippen LogP contribution in [0.15, 0.2) is 40.7 Å². The van der Waals surface area contributed by atoms with Gasteiger partial charge in [0.2, 0.25) is 0 Å². The van der Waals surface area contributed by atoms with Gasteiger partial charge in [-0.15, -0.1) is 0 Å². The first-order chi connectivity index (χ1) is 11.0. The van der Waals surface area contributed by atoms with Gasteiger partial charge in [-0.3, -0.25) is 4.99 Å². The maximum Gasteiger partial charge on any atom is 0.318 e. The molecular weight excluding hydrogens is 290 g/mol. The zero-order valence-electron chi connectivity index (χ0n) is 13.2. The van der Waals surface area contributed by atoms with Gasteiger partial charge in [-0.2, -0.15) is 5.26 Å². The Balaban J connectivity index is 2.49. The Labute approximate surface area is 135 Å². The summed E-state index contributed by atoms with van der Waals surface area (Å²) in [5.41, 5.74) is 3.23. The van der Waals surface area contributed by atoms with Crippen LogP contribution in [0, 0.1) is 23.8 Å². The molecule has 23 heavy (non-hydrogen) atoms. The van der Waals surface area contributed by atoms with Crippen LogP contribution in [0.4, 0.5) is 10.5 Å². The van der Waals surface area contributed by atoms with Gasteiger partial charge < -0.3 is 10.6 Å². The Hall–Kier alpha value is -3.12. The van der Waals surface area contributed by atoms with Gasteiger partial charge in [-0.1, -0.05) is 12.1 Å². The number of urea groups is 1. The number of hydrogen-bond acceptors (Lipinski definition) is 3. The van der Waals surface area contributed by atoms with Gasteiger partial charge in [-0.25, -0.2) is 9.64 Å². The standard InChI is InChI=1S/C17H17N5O/c1-10-14(9-18)15(16(19-3)11(2)21-10)12-6-5-7-13(8-12)22-17(23)20-4/h5-8,14-15H,1-2,4H3,(H2,20,22,23). The highest BCUT2D eigenvalue weighted by Crippen LogP contribution is 2.39. The average Bonchev–Trinajstić information content (AvgIpc) is 2.54. The Bertz CT molecular complexity index is 779. The molecule has 1 aromatic rings. The molecule has 0 fully saturated rings. The largest absolute Gasteiger partial charge is 0.341 e. The van der Waals surface area contributed by atoms with E-state index in [1.165, 1.54) is 7.05 Å². The van der Waals surface area contributed by atoms with Crippen LogP contribution in [0.5, 0.6) is 0 Å². The van der Waals surface area contributed by atoms with Crippen molar-refractivity contribution in [2.75, 3.05) is 12.4 Å². The molecule has 2 N–H and O–H groups in total. The zero-order chi connectivity index (χ0) is 17.0. The van der Waals surface area contributed by atoms with E-state index in [1.807, 2.05) is 6.07 Å². The zero-order valence-corrected chi connectivity index (χ0v) is 13.2. The highest BCUT2D eigenvalue weighted by molar-refractivity contribution is 5.91. The van der Waals surface area contributed by atoms with Gasteiger partial charge in [0.25, 0.3) is 0 Å². The quantitative estimate of drug-likeness (QED) is 0.822. The minimum absolute atomic E-state index is 0.322. The number of carbonyl (C=O) groups excluding carboxylic acids is 1. The Morgan fingerprint density at radius 1 is 1.43 bits per heavy atom. The molecule has 0 radical (unpaired) electrons. The van der Waals surface area contributed by atoms with Gasteiger partial charge in [0.05, 0.1) is 18.6 Å². The fraction of sp³-hybridized carbons (Fsp3) is 0.294. The fourth-order valence-corrected chi connectivity index (χ4v) is 2.69. The number of nitriles is 1. The van der Waals surface area contributed by atoms with Gasteiger partial charge in [0.1, 0.15) is 0 Å². The van der Waals surface area contributed by atoms with E-state index in [0.29, 0.717) is 22.8 Å². The maximum absolute atomic E-state index is 11.5. The van der Waals surface area contributed by atoms with Crippen molar-refractivity contribution in [3.63, 3.8) is 0 Å². The van der Waals surface area contributed by atoms with E-state index in [1.54, 1.807) is 32.0 Å². The number of aliphatic imine (C=N–C) groups is 1. The first-order valence-corrected chi connectivity index (χ1v) is 7.13. The second-order valence-electron chi connectivity index (χ2n) is 5.25. The van der Waals surface area contributed by atoms with E-state index < -0.39 is 5.92 Å². The lowest BCUT2D eigenvalue weighted by atomic mass is 9.79. The number of carbonyl (C=O) groups is 1. The molecule has 6 heteroatoms. The highest BCUT2D eigenvalue weighted by Gasteiger charge is 2.34. The number of nitrogens with one attached hydrogen (secondary N) is 2. The van der Waals surface area contributed by atoms with Crippen LogP contribution < -0.4 is 10.6 Å². The molecule has 1 heterocycles. The maximum atomic E-state index is 11.5. The molecule has 0 aliphatic carbocycles. The Kier molecular flexibility index (Phi) is 4.78. The summed E-state index contributed by atoms with van der Waals surface area (Å²) in [6.07, 6.45) is 0. The molecule has 1 aliphatic heterocycles. The number of anilines is 1. The summed E-state index contributed by atoms with van der Waals surface area (Å²) in [5.74, 6) is -0.862. The molecule has 0 bridgehead atoms. The van der Waals surface area contributed by atoms with E-state index in [2.05, 4.69) is 26.5 Å². The normalized spacial score (nSPS) is 20.1. The minimum Gasteiger partial charge on any atom is -0.341 e. The number of amides is 2. The predicted octanol–water partition coefficient (Wildman–Crippen LogP) is 3.29. The van der Waals surface area contributed by atoms with Gasteiger partial charge in [0.15, 0.2) is 5.70 Å². The van der Waals surface area contributed by atoms with Crippen LogP contribution in [0.2, 0.25) is 0 Å². The molecule has 2 rings (SSSR count). The van der Waals surface area contributed by atoms with Crippen molar-refractivity contribution in [2.45, 2.75) is 19.8 Å². The molecule has 0 saturated carbocycles.